The van der Waals surface area contributed by atoms with Gasteiger partial charge in [-0.1, -0.05) is 0 Å². The Morgan fingerprint density at radius 1 is 1.23 bits per heavy atom. The lowest BCUT2D eigenvalue weighted by atomic mass is 10.1. The largest absolute Gasteiger partial charge is 0.500 e. The second-order valence-electron chi connectivity index (χ2n) is 5.07. The summed E-state index contributed by atoms with van der Waals surface area (Å²) in [5.74, 6) is -5.11. The summed E-state index contributed by atoms with van der Waals surface area (Å²) in [5, 5.41) is 20.7. The van der Waals surface area contributed by atoms with Crippen LogP contribution in [0, 0.1) is 21.7 Å². The summed E-state index contributed by atoms with van der Waals surface area (Å²) >= 11 is 0. The third-order valence-corrected chi connectivity index (χ3v) is 5.22. The van der Waals surface area contributed by atoms with Crippen LogP contribution in [0.15, 0.2) is 34.1 Å². The van der Waals surface area contributed by atoms with Crippen molar-refractivity contribution in [3.8, 4) is 11.5 Å². The van der Waals surface area contributed by atoms with Crippen molar-refractivity contribution in [2.24, 2.45) is 0 Å². The maximum atomic E-state index is 14.2. The number of phenolic OH excluding ortho intramolecular Hbond substituents is 1. The highest BCUT2D eigenvalue weighted by molar-refractivity contribution is 7.91. The van der Waals surface area contributed by atoms with E-state index in [1.165, 1.54) is 0 Å². The summed E-state index contributed by atoms with van der Waals surface area (Å²) in [4.78, 5) is 19.6. The molecule has 0 aromatic heterocycles. The minimum Gasteiger partial charge on any atom is -0.500 e. The average Bonchev–Trinajstić information content (AvgIpc) is 2.53. The SMILES string of the molecule is COc1cc(S(=O)(=O)c2c(F)cc(F)cc2C(C)=O)cc([N+](=O)[O-])c1O. The summed E-state index contributed by atoms with van der Waals surface area (Å²) in [6.45, 7) is 0.910. The zero-order valence-corrected chi connectivity index (χ0v) is 14.1. The normalized spacial score (nSPS) is 11.2. The van der Waals surface area contributed by atoms with Gasteiger partial charge in [-0.15, -0.1) is 0 Å². The number of aromatic hydroxyl groups is 1. The molecule has 0 saturated carbocycles. The predicted molar refractivity (Wildman–Crippen MR) is 83.1 cm³/mol. The van der Waals surface area contributed by atoms with E-state index in [-0.39, 0.29) is 6.07 Å². The molecule has 2 aromatic carbocycles. The van der Waals surface area contributed by atoms with E-state index in [1.807, 2.05) is 0 Å². The third-order valence-electron chi connectivity index (χ3n) is 3.41. The molecule has 0 fully saturated rings. The van der Waals surface area contributed by atoms with Gasteiger partial charge in [0.05, 0.1) is 16.9 Å². The fourth-order valence-corrected chi connectivity index (χ4v) is 3.80. The zero-order chi connectivity index (χ0) is 19.8. The van der Waals surface area contributed by atoms with Gasteiger partial charge in [-0.3, -0.25) is 14.9 Å². The van der Waals surface area contributed by atoms with Crippen LogP contribution in [0.2, 0.25) is 0 Å². The lowest BCUT2D eigenvalue weighted by molar-refractivity contribution is -0.386. The molecule has 0 radical (unpaired) electrons. The molecule has 2 rings (SSSR count). The molecule has 0 aliphatic carbocycles. The number of nitro benzene ring substituents is 1. The Balaban J connectivity index is 2.88. The van der Waals surface area contributed by atoms with Gasteiger partial charge in [0.2, 0.25) is 15.6 Å². The summed E-state index contributed by atoms with van der Waals surface area (Å²) in [5.41, 5.74) is -1.76. The fourth-order valence-electron chi connectivity index (χ4n) is 2.23. The number of phenols is 1. The Labute approximate surface area is 145 Å². The molecule has 11 heteroatoms. The van der Waals surface area contributed by atoms with E-state index >= 15 is 0 Å². The molecule has 0 atom stereocenters. The van der Waals surface area contributed by atoms with Crippen LogP contribution in [0.25, 0.3) is 0 Å². The molecule has 8 nitrogen and oxygen atoms in total. The molecule has 0 unspecified atom stereocenters. The Morgan fingerprint density at radius 2 is 1.85 bits per heavy atom. The van der Waals surface area contributed by atoms with Crippen LogP contribution < -0.4 is 4.74 Å². The molecule has 0 aliphatic rings. The van der Waals surface area contributed by atoms with Crippen LogP contribution in [0.4, 0.5) is 14.5 Å². The first kappa shape index (κ1) is 19.2. The van der Waals surface area contributed by atoms with E-state index in [4.69, 9.17) is 4.74 Å². The number of methoxy groups -OCH3 is 1. The Hall–Kier alpha value is -3.08. The number of halogens is 2. The number of carbonyl (C=O) groups is 1. The number of hydrogen-bond acceptors (Lipinski definition) is 7. The van der Waals surface area contributed by atoms with E-state index in [0.717, 1.165) is 20.1 Å². The van der Waals surface area contributed by atoms with Crippen molar-refractivity contribution in [1.29, 1.82) is 0 Å². The summed E-state index contributed by atoms with van der Waals surface area (Å²) < 4.78 is 57.8. The van der Waals surface area contributed by atoms with Gasteiger partial charge >= 0.3 is 5.69 Å². The number of carbonyl (C=O) groups excluding carboxylic acids is 1. The van der Waals surface area contributed by atoms with Gasteiger partial charge in [0.15, 0.2) is 11.5 Å². The van der Waals surface area contributed by atoms with E-state index in [9.17, 15) is 37.2 Å². The molecule has 2 aromatic rings. The molecule has 0 heterocycles. The van der Waals surface area contributed by atoms with E-state index in [2.05, 4.69) is 0 Å². The summed E-state index contributed by atoms with van der Waals surface area (Å²) in [6.07, 6.45) is 0. The Morgan fingerprint density at radius 3 is 2.35 bits per heavy atom. The quantitative estimate of drug-likeness (QED) is 0.362. The highest BCUT2D eigenvalue weighted by Crippen LogP contribution is 2.40. The van der Waals surface area contributed by atoms with Crippen molar-refractivity contribution in [2.75, 3.05) is 7.11 Å². The number of rotatable bonds is 5. The maximum Gasteiger partial charge on any atom is 0.315 e. The molecule has 0 spiro atoms. The van der Waals surface area contributed by atoms with Gasteiger partial charge in [-0.25, -0.2) is 17.2 Å². The van der Waals surface area contributed by atoms with Crippen molar-refractivity contribution in [3.63, 3.8) is 0 Å². The molecule has 138 valence electrons. The third kappa shape index (κ3) is 3.20. The van der Waals surface area contributed by atoms with Gasteiger partial charge in [-0.05, 0) is 13.0 Å². The summed E-state index contributed by atoms with van der Waals surface area (Å²) in [6, 6.07) is 2.03. The van der Waals surface area contributed by atoms with Crippen molar-refractivity contribution in [3.05, 3.63) is 51.6 Å². The molecular formula is C15H11F2NO7S. The second kappa shape index (κ2) is 6.67. The van der Waals surface area contributed by atoms with E-state index in [1.54, 1.807) is 0 Å². The Bertz CT molecular complexity index is 1030. The van der Waals surface area contributed by atoms with Crippen LogP contribution in [0.3, 0.4) is 0 Å². The number of ether oxygens (including phenoxy) is 1. The molecular weight excluding hydrogens is 376 g/mol. The first-order chi connectivity index (χ1) is 12.0. The Kier molecular flexibility index (Phi) is 4.94. The number of hydrogen-bond donors (Lipinski definition) is 1. The number of benzene rings is 2. The van der Waals surface area contributed by atoms with Gasteiger partial charge in [0.1, 0.15) is 16.5 Å². The maximum absolute atomic E-state index is 14.2. The van der Waals surface area contributed by atoms with Crippen molar-refractivity contribution < 1.29 is 36.8 Å². The molecule has 26 heavy (non-hydrogen) atoms. The molecule has 0 bridgehead atoms. The smallest absolute Gasteiger partial charge is 0.315 e. The van der Waals surface area contributed by atoms with Crippen LogP contribution in [0.1, 0.15) is 17.3 Å². The average molecular weight is 387 g/mol. The number of nitrogens with zero attached hydrogens (tertiary/aromatic N) is 1. The highest BCUT2D eigenvalue weighted by atomic mass is 32.2. The topological polar surface area (TPSA) is 124 Å². The van der Waals surface area contributed by atoms with Crippen LogP contribution >= 0.6 is 0 Å². The van der Waals surface area contributed by atoms with Crippen LogP contribution in [0.5, 0.6) is 11.5 Å². The molecule has 0 amide bonds. The second-order valence-corrected chi connectivity index (χ2v) is 6.96. The van der Waals surface area contributed by atoms with Gasteiger partial charge in [-0.2, -0.15) is 0 Å². The molecule has 1 N–H and O–H groups in total. The lowest BCUT2D eigenvalue weighted by Crippen LogP contribution is -2.12. The lowest BCUT2D eigenvalue weighted by Gasteiger charge is -2.12. The fraction of sp³-hybridized carbons (Fsp3) is 0.133. The standard InChI is InChI=1S/C15H11F2NO7S/c1-7(19)10-3-8(16)4-11(17)15(10)26(23,24)9-5-12(18(21)22)14(20)13(6-9)25-2/h3-6,20H,1-2H3. The van der Waals surface area contributed by atoms with Crippen molar-refractivity contribution in [2.45, 2.75) is 16.7 Å². The van der Waals surface area contributed by atoms with Gasteiger partial charge < -0.3 is 9.84 Å². The first-order valence-corrected chi connectivity index (χ1v) is 8.29. The first-order valence-electron chi connectivity index (χ1n) is 6.81. The van der Waals surface area contributed by atoms with E-state index < -0.39 is 64.7 Å². The van der Waals surface area contributed by atoms with Crippen molar-refractivity contribution in [1.82, 2.24) is 0 Å². The van der Waals surface area contributed by atoms with E-state index in [0.29, 0.717) is 12.1 Å². The number of sulfone groups is 1. The van der Waals surface area contributed by atoms with Gasteiger partial charge in [0, 0.05) is 23.8 Å². The zero-order valence-electron chi connectivity index (χ0n) is 13.3. The highest BCUT2D eigenvalue weighted by Gasteiger charge is 2.32. The minimum absolute atomic E-state index is 0.269. The van der Waals surface area contributed by atoms with Gasteiger partial charge in [0.25, 0.3) is 0 Å². The minimum atomic E-state index is -4.83. The number of Topliss-reactive ketones (excluding diaryl/α,β-unsaturated/α-hetero) is 1. The molecule has 0 saturated heterocycles. The van der Waals surface area contributed by atoms with Crippen LogP contribution in [-0.2, 0) is 9.84 Å². The van der Waals surface area contributed by atoms with Crippen molar-refractivity contribution >= 4 is 21.3 Å². The van der Waals surface area contributed by atoms with Crippen LogP contribution in [-0.4, -0.2) is 31.3 Å². The molecule has 0 aliphatic heterocycles. The number of ketones is 1. The monoisotopic (exact) mass is 387 g/mol. The predicted octanol–water partition coefficient (Wildman–Crippen LogP) is 2.62. The summed E-state index contributed by atoms with van der Waals surface area (Å²) in [7, 11) is -3.80. The number of nitro groups is 1.